The van der Waals surface area contributed by atoms with Crippen LogP contribution < -0.4 is 0 Å². The van der Waals surface area contributed by atoms with E-state index in [1.807, 2.05) is 0 Å². The summed E-state index contributed by atoms with van der Waals surface area (Å²) in [6.07, 6.45) is -1.99. The lowest BCUT2D eigenvalue weighted by Crippen LogP contribution is -2.68. The van der Waals surface area contributed by atoms with Crippen LogP contribution in [0.2, 0.25) is 0 Å². The minimum Gasteiger partial charge on any atom is -0.457 e. The molecular formula is C19H22N2O8. The minimum absolute atomic E-state index is 0.122. The Kier molecular flexibility index (Phi) is 6.48. The highest BCUT2D eigenvalue weighted by atomic mass is 16.6. The molecule has 2 atom stereocenters. The Balaban J connectivity index is 2.11. The first-order chi connectivity index (χ1) is 13.6. The van der Waals surface area contributed by atoms with Crippen LogP contribution in [0.25, 0.3) is 0 Å². The molecule has 156 valence electrons. The van der Waals surface area contributed by atoms with Crippen molar-refractivity contribution in [1.29, 1.82) is 0 Å². The second-order valence-electron chi connectivity index (χ2n) is 6.86. The van der Waals surface area contributed by atoms with Crippen LogP contribution in [0.3, 0.4) is 0 Å². The lowest BCUT2D eigenvalue weighted by atomic mass is 9.67. The summed E-state index contributed by atoms with van der Waals surface area (Å²) in [6, 6.07) is 4.33. The van der Waals surface area contributed by atoms with Crippen molar-refractivity contribution in [3.8, 4) is 0 Å². The lowest BCUT2D eigenvalue weighted by Gasteiger charge is -2.50. The average Bonchev–Trinajstić information content (AvgIpc) is 2.65. The van der Waals surface area contributed by atoms with Gasteiger partial charge in [0.25, 0.3) is 5.69 Å². The third-order valence-corrected chi connectivity index (χ3v) is 5.38. The van der Waals surface area contributed by atoms with Gasteiger partial charge in [-0.3, -0.25) is 24.5 Å². The number of ether oxygens (including phenoxy) is 1. The van der Waals surface area contributed by atoms with Crippen LogP contribution in [0, 0.1) is 15.5 Å². The number of β-lactam (4-membered cyclic amide) rings is 1. The summed E-state index contributed by atoms with van der Waals surface area (Å²) in [6.45, 7) is 3.83. The fourth-order valence-corrected chi connectivity index (χ4v) is 3.66. The number of Topliss-reactive ketones (excluding diaryl/α,β-unsaturated/α-hetero) is 2. The zero-order chi connectivity index (χ0) is 21.9. The van der Waals surface area contributed by atoms with E-state index in [-0.39, 0.29) is 25.1 Å². The molecule has 1 aliphatic heterocycles. The Bertz CT molecular complexity index is 834. The standard InChI is InChI=1S/C19H22N2O8/c1-4-19(11(2)22,12(3)23)15-9-16(24)20(15)17(25)18(26)29-10-13-5-7-14(8-6-13)21(27)28/h5-8,15,17,25H,4,9-10H2,1-3H3. The monoisotopic (exact) mass is 406 g/mol. The molecule has 2 unspecified atom stereocenters. The molecule has 1 fully saturated rings. The van der Waals surface area contributed by atoms with Crippen molar-refractivity contribution >= 4 is 29.1 Å². The van der Waals surface area contributed by atoms with Gasteiger partial charge in [0.1, 0.15) is 23.6 Å². The van der Waals surface area contributed by atoms with Crippen molar-refractivity contribution in [2.75, 3.05) is 0 Å². The predicted octanol–water partition coefficient (Wildman–Crippen LogP) is 1.13. The van der Waals surface area contributed by atoms with Gasteiger partial charge in [0.15, 0.2) is 0 Å². The minimum atomic E-state index is -1.97. The van der Waals surface area contributed by atoms with Crippen LogP contribution in [-0.4, -0.2) is 50.6 Å². The van der Waals surface area contributed by atoms with Gasteiger partial charge in [0.05, 0.1) is 11.0 Å². The molecule has 1 aromatic rings. The first kappa shape index (κ1) is 22.2. The fourth-order valence-electron chi connectivity index (χ4n) is 3.66. The van der Waals surface area contributed by atoms with E-state index in [1.54, 1.807) is 6.92 Å². The summed E-state index contributed by atoms with van der Waals surface area (Å²) < 4.78 is 4.99. The van der Waals surface area contributed by atoms with E-state index in [1.165, 1.54) is 38.1 Å². The quantitative estimate of drug-likeness (QED) is 0.211. The maximum atomic E-state index is 12.2. The van der Waals surface area contributed by atoms with E-state index in [2.05, 4.69) is 0 Å². The Morgan fingerprint density at radius 3 is 2.24 bits per heavy atom. The average molecular weight is 406 g/mol. The van der Waals surface area contributed by atoms with E-state index < -0.39 is 46.1 Å². The van der Waals surface area contributed by atoms with Crippen molar-refractivity contribution < 1.29 is 33.9 Å². The molecule has 1 aromatic carbocycles. The summed E-state index contributed by atoms with van der Waals surface area (Å²) in [5.41, 5.74) is -1.18. The second kappa shape index (κ2) is 8.48. The SMILES string of the molecule is CCC(C(C)=O)(C(C)=O)C1CC(=O)N1C(O)C(=O)OCc1ccc([N+](=O)[O-])cc1. The largest absolute Gasteiger partial charge is 0.457 e. The number of benzene rings is 1. The third kappa shape index (κ3) is 4.02. The van der Waals surface area contributed by atoms with Gasteiger partial charge in [-0.05, 0) is 38.0 Å². The zero-order valence-electron chi connectivity index (χ0n) is 16.3. The number of hydrogen-bond donors (Lipinski definition) is 1. The highest BCUT2D eigenvalue weighted by molar-refractivity contribution is 6.08. The molecule has 0 radical (unpaired) electrons. The highest BCUT2D eigenvalue weighted by Crippen LogP contribution is 2.41. The number of nitrogens with zero attached hydrogens (tertiary/aromatic N) is 2. The van der Waals surface area contributed by atoms with E-state index in [4.69, 9.17) is 4.74 Å². The van der Waals surface area contributed by atoms with Crippen LogP contribution in [0.5, 0.6) is 0 Å². The number of likely N-dealkylation sites (tertiary alicyclic amines) is 1. The van der Waals surface area contributed by atoms with Crippen molar-refractivity contribution in [2.45, 2.75) is 52.5 Å². The summed E-state index contributed by atoms with van der Waals surface area (Å²) in [7, 11) is 0. The first-order valence-corrected chi connectivity index (χ1v) is 8.97. The molecule has 0 saturated carbocycles. The number of aliphatic hydroxyl groups is 1. The molecule has 1 amide bonds. The number of carbonyl (C=O) groups is 4. The molecule has 0 aromatic heterocycles. The van der Waals surface area contributed by atoms with E-state index in [9.17, 15) is 34.4 Å². The molecule has 1 heterocycles. The van der Waals surface area contributed by atoms with Crippen molar-refractivity contribution in [2.24, 2.45) is 5.41 Å². The summed E-state index contributed by atoms with van der Waals surface area (Å²) >= 11 is 0. The number of ketones is 2. The number of aliphatic hydroxyl groups excluding tert-OH is 1. The first-order valence-electron chi connectivity index (χ1n) is 8.97. The van der Waals surface area contributed by atoms with Crippen molar-refractivity contribution in [1.82, 2.24) is 4.90 Å². The van der Waals surface area contributed by atoms with Crippen LogP contribution in [0.1, 0.15) is 39.2 Å². The molecule has 1 N–H and O–H groups in total. The fraction of sp³-hybridized carbons (Fsp3) is 0.474. The normalized spacial score (nSPS) is 17.3. The number of non-ortho nitro benzene ring substituents is 1. The molecule has 10 nitrogen and oxygen atoms in total. The van der Waals surface area contributed by atoms with Gasteiger partial charge < -0.3 is 14.7 Å². The molecular weight excluding hydrogens is 384 g/mol. The number of hydrogen-bond acceptors (Lipinski definition) is 8. The maximum absolute atomic E-state index is 12.2. The summed E-state index contributed by atoms with van der Waals surface area (Å²) in [5, 5.41) is 21.0. The number of amides is 1. The Labute approximate surface area is 166 Å². The Morgan fingerprint density at radius 1 is 1.28 bits per heavy atom. The molecule has 1 aliphatic rings. The van der Waals surface area contributed by atoms with Gasteiger partial charge in [-0.25, -0.2) is 4.79 Å². The van der Waals surface area contributed by atoms with Gasteiger partial charge in [-0.2, -0.15) is 0 Å². The molecule has 0 spiro atoms. The molecule has 29 heavy (non-hydrogen) atoms. The smallest absolute Gasteiger partial charge is 0.356 e. The topological polar surface area (TPSA) is 144 Å². The summed E-state index contributed by atoms with van der Waals surface area (Å²) in [4.78, 5) is 59.6. The van der Waals surface area contributed by atoms with Crippen LogP contribution in [0.4, 0.5) is 5.69 Å². The number of nitro benzene ring substituents is 1. The Hall–Kier alpha value is -3.14. The Morgan fingerprint density at radius 2 is 1.83 bits per heavy atom. The number of rotatable bonds is 9. The van der Waals surface area contributed by atoms with Gasteiger partial charge in [0.2, 0.25) is 12.1 Å². The number of carbonyl (C=O) groups excluding carboxylic acids is 4. The van der Waals surface area contributed by atoms with Gasteiger partial charge in [-0.1, -0.05) is 6.92 Å². The van der Waals surface area contributed by atoms with Crippen molar-refractivity contribution in [3.05, 3.63) is 39.9 Å². The van der Waals surface area contributed by atoms with Crippen LogP contribution >= 0.6 is 0 Å². The van der Waals surface area contributed by atoms with Crippen LogP contribution in [-0.2, 0) is 30.5 Å². The van der Waals surface area contributed by atoms with Gasteiger partial charge in [-0.15, -0.1) is 0 Å². The zero-order valence-corrected chi connectivity index (χ0v) is 16.3. The molecule has 2 rings (SSSR count). The van der Waals surface area contributed by atoms with Gasteiger partial charge >= 0.3 is 5.97 Å². The van der Waals surface area contributed by atoms with Gasteiger partial charge in [0, 0.05) is 18.6 Å². The predicted molar refractivity (Wildman–Crippen MR) is 98.2 cm³/mol. The van der Waals surface area contributed by atoms with E-state index >= 15 is 0 Å². The van der Waals surface area contributed by atoms with Crippen LogP contribution in [0.15, 0.2) is 24.3 Å². The number of esters is 1. The molecule has 10 heteroatoms. The third-order valence-electron chi connectivity index (χ3n) is 5.38. The number of nitro groups is 1. The maximum Gasteiger partial charge on any atom is 0.356 e. The molecule has 0 aliphatic carbocycles. The second-order valence-corrected chi connectivity index (χ2v) is 6.86. The van der Waals surface area contributed by atoms with E-state index in [0.717, 1.165) is 4.90 Å². The van der Waals surface area contributed by atoms with Crippen molar-refractivity contribution in [3.63, 3.8) is 0 Å². The van der Waals surface area contributed by atoms with E-state index in [0.29, 0.717) is 5.56 Å². The highest BCUT2D eigenvalue weighted by Gasteiger charge is 2.58. The lowest BCUT2D eigenvalue weighted by molar-refractivity contribution is -0.384. The summed E-state index contributed by atoms with van der Waals surface area (Å²) in [5.74, 6) is -2.59. The molecule has 1 saturated heterocycles. The molecule has 0 bridgehead atoms.